The van der Waals surface area contributed by atoms with E-state index in [9.17, 15) is 9.59 Å². The molecular formula is C24H29N7O2. The standard InChI is InChI=1S/C24H29N7O2/c1-15-21-12-23(27-20-11-19(18-4-5-18)14-29(3)24(20)33)28-31(21)9-8-30(15)13-17-6-7-25-22(10-17)26-16(2)32/h6-7,10-12,14-15,18H,4-5,8-9,13H2,1-3H3,(H,27,28)(H,25,26,32). The first-order chi connectivity index (χ1) is 15.9. The lowest BCUT2D eigenvalue weighted by Gasteiger charge is -2.33. The Morgan fingerprint density at radius 2 is 2.00 bits per heavy atom. The maximum Gasteiger partial charge on any atom is 0.274 e. The van der Waals surface area contributed by atoms with Crippen molar-refractivity contribution in [1.82, 2.24) is 24.2 Å². The molecule has 9 heteroatoms. The van der Waals surface area contributed by atoms with Crippen LogP contribution in [0.5, 0.6) is 0 Å². The minimum absolute atomic E-state index is 0.0484. The summed E-state index contributed by atoms with van der Waals surface area (Å²) < 4.78 is 3.67. The fourth-order valence-corrected chi connectivity index (χ4v) is 4.49. The summed E-state index contributed by atoms with van der Waals surface area (Å²) in [5.41, 5.74) is 3.93. The number of anilines is 3. The molecule has 3 aromatic heterocycles. The molecule has 0 spiro atoms. The van der Waals surface area contributed by atoms with Gasteiger partial charge in [-0.3, -0.25) is 19.2 Å². The molecule has 0 radical (unpaired) electrons. The number of hydrogen-bond donors (Lipinski definition) is 2. The van der Waals surface area contributed by atoms with Crippen LogP contribution in [0.25, 0.3) is 0 Å². The highest BCUT2D eigenvalue weighted by Crippen LogP contribution is 2.40. The summed E-state index contributed by atoms with van der Waals surface area (Å²) in [6.45, 7) is 6.01. The average molecular weight is 448 g/mol. The van der Waals surface area contributed by atoms with Gasteiger partial charge in [0.2, 0.25) is 5.91 Å². The van der Waals surface area contributed by atoms with E-state index in [0.717, 1.165) is 30.9 Å². The topological polar surface area (TPSA) is 97.1 Å². The van der Waals surface area contributed by atoms with Gasteiger partial charge in [-0.15, -0.1) is 0 Å². The number of rotatable bonds is 6. The summed E-state index contributed by atoms with van der Waals surface area (Å²) in [5, 5.41) is 10.7. The summed E-state index contributed by atoms with van der Waals surface area (Å²) >= 11 is 0. The minimum Gasteiger partial charge on any atom is -0.334 e. The molecule has 1 aliphatic heterocycles. The maximum absolute atomic E-state index is 12.7. The lowest BCUT2D eigenvalue weighted by molar-refractivity contribution is -0.114. The molecule has 9 nitrogen and oxygen atoms in total. The van der Waals surface area contributed by atoms with E-state index in [1.807, 2.05) is 35.1 Å². The van der Waals surface area contributed by atoms with E-state index in [-0.39, 0.29) is 17.5 Å². The molecule has 2 aliphatic rings. The van der Waals surface area contributed by atoms with Crippen molar-refractivity contribution in [1.29, 1.82) is 0 Å². The van der Waals surface area contributed by atoms with Gasteiger partial charge in [-0.2, -0.15) is 5.10 Å². The van der Waals surface area contributed by atoms with Crippen LogP contribution in [-0.2, 0) is 24.9 Å². The number of fused-ring (bicyclic) bond motifs is 1. The molecule has 33 heavy (non-hydrogen) atoms. The molecule has 2 N–H and O–H groups in total. The predicted molar refractivity (Wildman–Crippen MR) is 127 cm³/mol. The van der Waals surface area contributed by atoms with E-state index in [1.54, 1.807) is 17.8 Å². The van der Waals surface area contributed by atoms with Crippen LogP contribution in [0.4, 0.5) is 17.3 Å². The lowest BCUT2D eigenvalue weighted by atomic mass is 10.1. The summed E-state index contributed by atoms with van der Waals surface area (Å²) in [6.07, 6.45) is 6.04. The Kier molecular flexibility index (Phi) is 5.49. The van der Waals surface area contributed by atoms with Crippen molar-refractivity contribution >= 4 is 23.2 Å². The van der Waals surface area contributed by atoms with E-state index in [0.29, 0.717) is 23.2 Å². The highest BCUT2D eigenvalue weighted by atomic mass is 16.1. The molecule has 0 bridgehead atoms. The third kappa shape index (κ3) is 4.54. The molecule has 4 heterocycles. The van der Waals surface area contributed by atoms with E-state index in [1.165, 1.54) is 25.3 Å². The largest absolute Gasteiger partial charge is 0.334 e. The zero-order valence-corrected chi connectivity index (χ0v) is 19.2. The maximum atomic E-state index is 12.7. The Morgan fingerprint density at radius 3 is 2.76 bits per heavy atom. The molecular weight excluding hydrogens is 418 g/mol. The van der Waals surface area contributed by atoms with Crippen LogP contribution < -0.4 is 16.2 Å². The number of carbonyl (C=O) groups excluding carboxylic acids is 1. The fraction of sp³-hybridized carbons (Fsp3) is 0.417. The van der Waals surface area contributed by atoms with Gasteiger partial charge in [-0.05, 0) is 55.0 Å². The predicted octanol–water partition coefficient (Wildman–Crippen LogP) is 3.13. The molecule has 1 aliphatic carbocycles. The van der Waals surface area contributed by atoms with Crippen molar-refractivity contribution in [2.45, 2.75) is 51.7 Å². The van der Waals surface area contributed by atoms with Crippen molar-refractivity contribution in [3.8, 4) is 0 Å². The number of hydrogen-bond acceptors (Lipinski definition) is 6. The van der Waals surface area contributed by atoms with E-state index >= 15 is 0 Å². The van der Waals surface area contributed by atoms with Gasteiger partial charge in [0, 0.05) is 51.6 Å². The Hall–Kier alpha value is -3.46. The second-order valence-corrected chi connectivity index (χ2v) is 9.06. The molecule has 1 atom stereocenters. The molecule has 3 aromatic rings. The van der Waals surface area contributed by atoms with Crippen LogP contribution >= 0.6 is 0 Å². The summed E-state index contributed by atoms with van der Waals surface area (Å²) in [6, 6.07) is 8.05. The van der Waals surface area contributed by atoms with Crippen LogP contribution in [0.15, 0.2) is 41.5 Å². The molecule has 1 saturated carbocycles. The summed E-state index contributed by atoms with van der Waals surface area (Å²) in [5.74, 6) is 1.70. The van der Waals surface area contributed by atoms with Gasteiger partial charge >= 0.3 is 0 Å². The number of pyridine rings is 2. The smallest absolute Gasteiger partial charge is 0.274 e. The van der Waals surface area contributed by atoms with Crippen molar-refractivity contribution in [2.75, 3.05) is 17.2 Å². The molecule has 0 aromatic carbocycles. The van der Waals surface area contributed by atoms with E-state index in [2.05, 4.69) is 27.4 Å². The van der Waals surface area contributed by atoms with E-state index in [4.69, 9.17) is 5.10 Å². The molecule has 1 unspecified atom stereocenters. The molecule has 5 rings (SSSR count). The van der Waals surface area contributed by atoms with Crippen LogP contribution in [0, 0.1) is 0 Å². The van der Waals surface area contributed by atoms with E-state index < -0.39 is 0 Å². The van der Waals surface area contributed by atoms with Gasteiger partial charge in [0.1, 0.15) is 11.5 Å². The van der Waals surface area contributed by atoms with Gasteiger partial charge in [0.05, 0.1) is 12.2 Å². The quantitative estimate of drug-likeness (QED) is 0.603. The van der Waals surface area contributed by atoms with Crippen molar-refractivity contribution in [3.05, 3.63) is 63.8 Å². The zero-order valence-electron chi connectivity index (χ0n) is 19.2. The normalized spacial score (nSPS) is 18.1. The number of nitrogens with one attached hydrogen (secondary N) is 2. The van der Waals surface area contributed by atoms with Gasteiger partial charge in [0.25, 0.3) is 5.56 Å². The number of aromatic nitrogens is 4. The Morgan fingerprint density at radius 1 is 1.18 bits per heavy atom. The highest BCUT2D eigenvalue weighted by molar-refractivity contribution is 5.87. The SMILES string of the molecule is CC(=O)Nc1cc(CN2CCn3nc(Nc4cc(C5CC5)cn(C)c4=O)cc3C2C)ccn1. The van der Waals surface area contributed by atoms with Gasteiger partial charge in [-0.1, -0.05) is 0 Å². The number of aryl methyl sites for hydroxylation is 1. The molecule has 0 saturated heterocycles. The Bertz CT molecular complexity index is 1260. The first kappa shape index (κ1) is 21.4. The van der Waals surface area contributed by atoms with Gasteiger partial charge in [0.15, 0.2) is 5.82 Å². The lowest BCUT2D eigenvalue weighted by Crippen LogP contribution is -2.36. The van der Waals surface area contributed by atoms with Crippen molar-refractivity contribution in [3.63, 3.8) is 0 Å². The van der Waals surface area contributed by atoms with Crippen LogP contribution in [0.3, 0.4) is 0 Å². The molecule has 1 fully saturated rings. The summed E-state index contributed by atoms with van der Waals surface area (Å²) in [4.78, 5) is 30.6. The first-order valence-corrected chi connectivity index (χ1v) is 11.4. The first-order valence-electron chi connectivity index (χ1n) is 11.4. The number of nitrogens with zero attached hydrogens (tertiary/aromatic N) is 5. The van der Waals surface area contributed by atoms with Crippen LogP contribution in [0.2, 0.25) is 0 Å². The monoisotopic (exact) mass is 447 g/mol. The minimum atomic E-state index is -0.132. The van der Waals surface area contributed by atoms with Crippen LogP contribution in [-0.4, -0.2) is 36.7 Å². The van der Waals surface area contributed by atoms with Gasteiger partial charge < -0.3 is 15.2 Å². The number of amides is 1. The second-order valence-electron chi connectivity index (χ2n) is 9.06. The molecule has 1 amide bonds. The van der Waals surface area contributed by atoms with Crippen molar-refractivity contribution in [2.24, 2.45) is 7.05 Å². The Labute approximate surface area is 192 Å². The zero-order chi connectivity index (χ0) is 23.1. The highest BCUT2D eigenvalue weighted by Gasteiger charge is 2.27. The van der Waals surface area contributed by atoms with Gasteiger partial charge in [-0.25, -0.2) is 4.98 Å². The van der Waals surface area contributed by atoms with Crippen molar-refractivity contribution < 1.29 is 4.79 Å². The second kappa shape index (κ2) is 8.47. The third-order valence-electron chi connectivity index (χ3n) is 6.42. The molecule has 172 valence electrons. The third-order valence-corrected chi connectivity index (χ3v) is 6.42. The summed E-state index contributed by atoms with van der Waals surface area (Å²) in [7, 11) is 1.80. The fourth-order valence-electron chi connectivity index (χ4n) is 4.49. The number of carbonyl (C=O) groups is 1. The van der Waals surface area contributed by atoms with Crippen LogP contribution in [0.1, 0.15) is 55.5 Å². The Balaban J connectivity index is 1.33. The average Bonchev–Trinajstić information content (AvgIpc) is 3.53.